The zero-order chi connectivity index (χ0) is 12.1. The second kappa shape index (κ2) is 5.72. The van der Waals surface area contributed by atoms with Crippen molar-refractivity contribution in [2.45, 2.75) is 45.1 Å². The van der Waals surface area contributed by atoms with Crippen LogP contribution in [0.2, 0.25) is 0 Å². The number of benzene rings is 1. The van der Waals surface area contributed by atoms with Gasteiger partial charge in [-0.05, 0) is 43.7 Å². The second-order valence-electron chi connectivity index (χ2n) is 4.78. The molecule has 0 aromatic heterocycles. The number of nitrogens with zero attached hydrogens (tertiary/aromatic N) is 1. The van der Waals surface area contributed by atoms with E-state index in [0.29, 0.717) is 11.7 Å². The monoisotopic (exact) mass is 229 g/mol. The third-order valence-electron chi connectivity index (χ3n) is 3.67. The van der Waals surface area contributed by atoms with Crippen molar-refractivity contribution >= 4 is 0 Å². The molecule has 1 fully saturated rings. The van der Waals surface area contributed by atoms with Crippen LogP contribution in [0.4, 0.5) is 0 Å². The molecule has 1 aromatic rings. The standard InChI is InChI=1S/C15H19NO/c1-2-12-7-9-14(10-8-12)17-15-6-4-3-5-13(15)11-16/h3-6,12,14H,2,7-10H2,1H3. The quantitative estimate of drug-likeness (QED) is 0.787. The number of hydrogen-bond acceptors (Lipinski definition) is 2. The molecule has 17 heavy (non-hydrogen) atoms. The lowest BCUT2D eigenvalue weighted by atomic mass is 9.86. The molecule has 1 aromatic carbocycles. The van der Waals surface area contributed by atoms with Gasteiger partial charge < -0.3 is 4.74 Å². The van der Waals surface area contributed by atoms with Crippen LogP contribution in [-0.4, -0.2) is 6.10 Å². The van der Waals surface area contributed by atoms with Gasteiger partial charge in [-0.15, -0.1) is 0 Å². The fraction of sp³-hybridized carbons (Fsp3) is 0.533. The van der Waals surface area contributed by atoms with E-state index in [1.54, 1.807) is 0 Å². The van der Waals surface area contributed by atoms with Gasteiger partial charge in [-0.25, -0.2) is 0 Å². The molecule has 0 saturated heterocycles. The van der Waals surface area contributed by atoms with Crippen molar-refractivity contribution in [3.05, 3.63) is 29.8 Å². The summed E-state index contributed by atoms with van der Waals surface area (Å²) in [5.41, 5.74) is 0.644. The fourth-order valence-corrected chi connectivity index (χ4v) is 2.50. The Morgan fingerprint density at radius 1 is 1.24 bits per heavy atom. The molecule has 2 rings (SSSR count). The number of para-hydroxylation sites is 1. The molecule has 0 aliphatic heterocycles. The van der Waals surface area contributed by atoms with E-state index < -0.39 is 0 Å². The highest BCUT2D eigenvalue weighted by Gasteiger charge is 2.21. The Morgan fingerprint density at radius 3 is 2.59 bits per heavy atom. The van der Waals surface area contributed by atoms with Crippen LogP contribution in [0.5, 0.6) is 5.75 Å². The summed E-state index contributed by atoms with van der Waals surface area (Å²) in [6.45, 7) is 2.26. The first kappa shape index (κ1) is 12.0. The predicted octanol–water partition coefficient (Wildman–Crippen LogP) is 3.91. The molecule has 0 heterocycles. The van der Waals surface area contributed by atoms with E-state index in [0.717, 1.165) is 24.5 Å². The van der Waals surface area contributed by atoms with E-state index in [-0.39, 0.29) is 0 Å². The normalized spacial score (nSPS) is 24.0. The van der Waals surface area contributed by atoms with Gasteiger partial charge in [-0.1, -0.05) is 25.5 Å². The maximum atomic E-state index is 9.00. The van der Waals surface area contributed by atoms with Gasteiger partial charge in [0.15, 0.2) is 0 Å². The molecule has 90 valence electrons. The second-order valence-corrected chi connectivity index (χ2v) is 4.78. The van der Waals surface area contributed by atoms with Crippen LogP contribution in [0.15, 0.2) is 24.3 Å². The van der Waals surface area contributed by atoms with Gasteiger partial charge in [-0.3, -0.25) is 0 Å². The Morgan fingerprint density at radius 2 is 1.94 bits per heavy atom. The van der Waals surface area contributed by atoms with E-state index in [1.165, 1.54) is 19.3 Å². The van der Waals surface area contributed by atoms with Crippen molar-refractivity contribution in [2.24, 2.45) is 5.92 Å². The van der Waals surface area contributed by atoms with Gasteiger partial charge >= 0.3 is 0 Å². The Kier molecular flexibility index (Phi) is 4.03. The van der Waals surface area contributed by atoms with Gasteiger partial charge in [0.05, 0.1) is 11.7 Å². The van der Waals surface area contributed by atoms with Gasteiger partial charge in [0.1, 0.15) is 11.8 Å². The third kappa shape index (κ3) is 3.00. The Labute approximate surface area is 103 Å². The summed E-state index contributed by atoms with van der Waals surface area (Å²) in [5.74, 6) is 1.62. The van der Waals surface area contributed by atoms with Crippen LogP contribution in [-0.2, 0) is 0 Å². The summed E-state index contributed by atoms with van der Waals surface area (Å²) in [4.78, 5) is 0. The Balaban J connectivity index is 1.96. The molecule has 1 aliphatic carbocycles. The van der Waals surface area contributed by atoms with Gasteiger partial charge in [0.25, 0.3) is 0 Å². The van der Waals surface area contributed by atoms with Crippen molar-refractivity contribution in [2.75, 3.05) is 0 Å². The molecule has 0 N–H and O–H groups in total. The van der Waals surface area contributed by atoms with E-state index in [4.69, 9.17) is 10.00 Å². The van der Waals surface area contributed by atoms with E-state index in [2.05, 4.69) is 13.0 Å². The fourth-order valence-electron chi connectivity index (χ4n) is 2.50. The highest BCUT2D eigenvalue weighted by atomic mass is 16.5. The summed E-state index contributed by atoms with van der Waals surface area (Å²) in [7, 11) is 0. The average Bonchev–Trinajstić information content (AvgIpc) is 2.40. The minimum Gasteiger partial charge on any atom is -0.489 e. The van der Waals surface area contributed by atoms with E-state index in [9.17, 15) is 0 Å². The molecule has 0 spiro atoms. The van der Waals surface area contributed by atoms with Crippen LogP contribution in [0, 0.1) is 17.2 Å². The number of nitriles is 1. The van der Waals surface area contributed by atoms with Crippen molar-refractivity contribution in [1.82, 2.24) is 0 Å². The molecular formula is C15H19NO. The molecule has 0 amide bonds. The number of hydrogen-bond donors (Lipinski definition) is 0. The molecule has 0 radical (unpaired) electrons. The molecule has 2 heteroatoms. The Hall–Kier alpha value is -1.49. The zero-order valence-electron chi connectivity index (χ0n) is 10.4. The van der Waals surface area contributed by atoms with Gasteiger partial charge in [0, 0.05) is 0 Å². The number of rotatable bonds is 3. The summed E-state index contributed by atoms with van der Waals surface area (Å²) in [6, 6.07) is 9.68. The summed E-state index contributed by atoms with van der Waals surface area (Å²) in [5, 5.41) is 9.00. The first-order valence-electron chi connectivity index (χ1n) is 6.49. The summed E-state index contributed by atoms with van der Waals surface area (Å²) >= 11 is 0. The van der Waals surface area contributed by atoms with Gasteiger partial charge in [-0.2, -0.15) is 5.26 Å². The first-order chi connectivity index (χ1) is 8.33. The van der Waals surface area contributed by atoms with E-state index in [1.807, 2.05) is 24.3 Å². The minimum absolute atomic E-state index is 0.298. The maximum absolute atomic E-state index is 9.00. The highest BCUT2D eigenvalue weighted by molar-refractivity contribution is 5.42. The molecule has 0 bridgehead atoms. The van der Waals surface area contributed by atoms with Crippen LogP contribution >= 0.6 is 0 Å². The van der Waals surface area contributed by atoms with Crippen LogP contribution in [0.25, 0.3) is 0 Å². The van der Waals surface area contributed by atoms with E-state index >= 15 is 0 Å². The lowest BCUT2D eigenvalue weighted by molar-refractivity contribution is 0.129. The Bertz CT molecular complexity index is 400. The third-order valence-corrected chi connectivity index (χ3v) is 3.67. The molecule has 2 nitrogen and oxygen atoms in total. The molecule has 1 aliphatic rings. The maximum Gasteiger partial charge on any atom is 0.137 e. The highest BCUT2D eigenvalue weighted by Crippen LogP contribution is 2.30. The predicted molar refractivity (Wildman–Crippen MR) is 67.8 cm³/mol. The molecule has 0 unspecified atom stereocenters. The smallest absolute Gasteiger partial charge is 0.137 e. The van der Waals surface area contributed by atoms with Crippen molar-refractivity contribution in [3.8, 4) is 11.8 Å². The van der Waals surface area contributed by atoms with Crippen LogP contribution < -0.4 is 4.74 Å². The van der Waals surface area contributed by atoms with Crippen molar-refractivity contribution in [3.63, 3.8) is 0 Å². The number of ether oxygens (including phenoxy) is 1. The lowest BCUT2D eigenvalue weighted by Crippen LogP contribution is -2.24. The average molecular weight is 229 g/mol. The van der Waals surface area contributed by atoms with Crippen molar-refractivity contribution in [1.29, 1.82) is 5.26 Å². The lowest BCUT2D eigenvalue weighted by Gasteiger charge is -2.28. The van der Waals surface area contributed by atoms with Crippen molar-refractivity contribution < 1.29 is 4.74 Å². The topological polar surface area (TPSA) is 33.0 Å². The SMILES string of the molecule is CCC1CCC(Oc2ccccc2C#N)CC1. The largest absolute Gasteiger partial charge is 0.489 e. The molecule has 0 atom stereocenters. The zero-order valence-corrected chi connectivity index (χ0v) is 10.4. The molecule has 1 saturated carbocycles. The molecular weight excluding hydrogens is 210 g/mol. The van der Waals surface area contributed by atoms with Crippen LogP contribution in [0.1, 0.15) is 44.6 Å². The summed E-state index contributed by atoms with van der Waals surface area (Å²) in [6.07, 6.45) is 6.34. The van der Waals surface area contributed by atoms with Gasteiger partial charge in [0.2, 0.25) is 0 Å². The van der Waals surface area contributed by atoms with Crippen LogP contribution in [0.3, 0.4) is 0 Å². The summed E-state index contributed by atoms with van der Waals surface area (Å²) < 4.78 is 5.95. The minimum atomic E-state index is 0.298. The first-order valence-corrected chi connectivity index (χ1v) is 6.49.